The highest BCUT2D eigenvalue weighted by molar-refractivity contribution is 6.33. The van der Waals surface area contributed by atoms with Crippen LogP contribution in [0.4, 0.5) is 32.2 Å². The molecule has 0 unspecified atom stereocenters. The van der Waals surface area contributed by atoms with Gasteiger partial charge in [-0.25, -0.2) is 9.99 Å². The maximum absolute atomic E-state index is 13.3. The molecule has 1 N–H and O–H groups in total. The summed E-state index contributed by atoms with van der Waals surface area (Å²) in [5.41, 5.74) is -4.76. The molecule has 0 saturated carbocycles. The maximum Gasteiger partial charge on any atom is 0.438 e. The number of hydrogen-bond acceptors (Lipinski definition) is 5. The number of alkyl halides is 6. The van der Waals surface area contributed by atoms with Crippen LogP contribution in [0.1, 0.15) is 18.4 Å². The molecule has 1 aromatic heterocycles. The van der Waals surface area contributed by atoms with E-state index in [0.29, 0.717) is 12.3 Å². The first-order chi connectivity index (χ1) is 11.4. The molecule has 12 heteroatoms. The third-order valence-corrected chi connectivity index (χ3v) is 3.72. The molecule has 0 radical (unpaired) electrons. The van der Waals surface area contributed by atoms with Gasteiger partial charge in [-0.05, 0) is 6.07 Å². The summed E-state index contributed by atoms with van der Waals surface area (Å²) in [7, 11) is 1.33. The zero-order valence-electron chi connectivity index (χ0n) is 12.6. The molecular weight excluding hydrogens is 380 g/mol. The molecule has 0 saturated heterocycles. The molecule has 1 aromatic rings. The van der Waals surface area contributed by atoms with Crippen LogP contribution in [-0.4, -0.2) is 41.4 Å². The number of aromatic nitrogens is 1. The Hall–Kier alpha value is -1.59. The van der Waals surface area contributed by atoms with Crippen molar-refractivity contribution in [3.05, 3.63) is 22.8 Å². The summed E-state index contributed by atoms with van der Waals surface area (Å²) in [6, 6.07) is 0.420. The van der Waals surface area contributed by atoms with Crippen LogP contribution >= 0.6 is 11.6 Å². The lowest BCUT2D eigenvalue weighted by molar-refractivity contribution is -0.254. The molecule has 0 aromatic carbocycles. The number of hydrazone groups is 1. The van der Waals surface area contributed by atoms with Crippen LogP contribution in [0, 0.1) is 0 Å². The molecule has 1 aliphatic heterocycles. The number of nitrogens with zero attached hydrogens (tertiary/aromatic N) is 3. The minimum atomic E-state index is -5.15. The lowest BCUT2D eigenvalue weighted by atomic mass is 10.0. The molecule has 140 valence electrons. The van der Waals surface area contributed by atoms with Crippen molar-refractivity contribution in [1.29, 1.82) is 0 Å². The highest BCUT2D eigenvalue weighted by Gasteiger charge is 2.62. The van der Waals surface area contributed by atoms with Crippen molar-refractivity contribution in [2.24, 2.45) is 5.10 Å². The van der Waals surface area contributed by atoms with Crippen molar-refractivity contribution in [1.82, 2.24) is 4.98 Å². The first-order valence-corrected chi connectivity index (χ1v) is 7.15. The molecule has 1 aliphatic rings. The van der Waals surface area contributed by atoms with E-state index in [2.05, 4.69) is 10.1 Å². The smallest absolute Gasteiger partial charge is 0.384 e. The quantitative estimate of drug-likeness (QED) is 0.797. The summed E-state index contributed by atoms with van der Waals surface area (Å²) in [5.74, 6) is -0.734. The monoisotopic (exact) mass is 391 g/mol. The van der Waals surface area contributed by atoms with Crippen LogP contribution in [0.2, 0.25) is 5.02 Å². The van der Waals surface area contributed by atoms with E-state index in [1.54, 1.807) is 0 Å². The van der Waals surface area contributed by atoms with Crippen LogP contribution in [0.5, 0.6) is 0 Å². The van der Waals surface area contributed by atoms with E-state index < -0.39 is 40.9 Å². The average molecular weight is 392 g/mol. The second-order valence-electron chi connectivity index (χ2n) is 5.24. The summed E-state index contributed by atoms with van der Waals surface area (Å²) in [4.78, 5) is 3.33. The molecule has 0 bridgehead atoms. The lowest BCUT2D eigenvalue weighted by Crippen LogP contribution is -2.55. The van der Waals surface area contributed by atoms with Gasteiger partial charge in [0, 0.05) is 31.9 Å². The van der Waals surface area contributed by atoms with E-state index in [4.69, 9.17) is 16.3 Å². The molecular formula is C13H12ClF6N3O2. The molecule has 2 rings (SSSR count). The van der Waals surface area contributed by atoms with Crippen molar-refractivity contribution in [3.63, 3.8) is 0 Å². The largest absolute Gasteiger partial charge is 0.438 e. The van der Waals surface area contributed by atoms with Gasteiger partial charge in [0.2, 0.25) is 0 Å². The zero-order chi connectivity index (χ0) is 19.0. The molecule has 0 spiro atoms. The highest BCUT2D eigenvalue weighted by atomic mass is 35.5. The van der Waals surface area contributed by atoms with Gasteiger partial charge in [0.15, 0.2) is 5.82 Å². The molecule has 5 nitrogen and oxygen atoms in total. The number of hydrogen-bond donors (Lipinski definition) is 1. The Labute approximate surface area is 142 Å². The van der Waals surface area contributed by atoms with Gasteiger partial charge in [-0.3, -0.25) is 0 Å². The third-order valence-electron chi connectivity index (χ3n) is 3.44. The summed E-state index contributed by atoms with van der Waals surface area (Å²) in [5, 5.41) is 13.1. The van der Waals surface area contributed by atoms with Crippen molar-refractivity contribution >= 4 is 23.1 Å². The van der Waals surface area contributed by atoms with Crippen LogP contribution in [0.3, 0.4) is 0 Å². The Morgan fingerprint density at radius 1 is 1.32 bits per heavy atom. The van der Waals surface area contributed by atoms with Gasteiger partial charge in [-0.1, -0.05) is 11.6 Å². The number of methoxy groups -OCH3 is 1. The normalized spacial score (nSPS) is 21.6. The Morgan fingerprint density at radius 2 is 1.96 bits per heavy atom. The second-order valence-corrected chi connectivity index (χ2v) is 5.65. The van der Waals surface area contributed by atoms with E-state index in [-0.39, 0.29) is 23.7 Å². The molecule has 25 heavy (non-hydrogen) atoms. The standard InChI is InChI=1S/C13H12ClF6N3O2/c1-25-3-2-8-5-11(24,13(18,19)20)23(22-8)10-9(14)4-7(6-21-10)12(15,16)17/h4,6,24H,2-3,5H2,1H3/t11-/m0/s1. The van der Waals surface area contributed by atoms with Gasteiger partial charge in [-0.15, -0.1) is 0 Å². The summed E-state index contributed by atoms with van der Waals surface area (Å²) in [6.07, 6.45) is -10.5. The van der Waals surface area contributed by atoms with E-state index in [9.17, 15) is 31.4 Å². The van der Waals surface area contributed by atoms with Gasteiger partial charge in [0.05, 0.1) is 17.2 Å². The van der Waals surface area contributed by atoms with Gasteiger partial charge < -0.3 is 9.84 Å². The Morgan fingerprint density at radius 3 is 2.44 bits per heavy atom. The van der Waals surface area contributed by atoms with E-state index in [1.165, 1.54) is 7.11 Å². The third kappa shape index (κ3) is 3.82. The van der Waals surface area contributed by atoms with Crippen LogP contribution in [0.15, 0.2) is 17.4 Å². The number of rotatable bonds is 4. The molecule has 0 aliphatic carbocycles. The minimum absolute atomic E-state index is 0.0103. The summed E-state index contributed by atoms with van der Waals surface area (Å²) < 4.78 is 82.6. The van der Waals surface area contributed by atoms with Crippen molar-refractivity contribution in [3.8, 4) is 0 Å². The van der Waals surface area contributed by atoms with Gasteiger partial charge in [0.1, 0.15) is 0 Å². The average Bonchev–Trinajstić information content (AvgIpc) is 2.82. The lowest BCUT2D eigenvalue weighted by Gasteiger charge is -2.33. The fourth-order valence-electron chi connectivity index (χ4n) is 2.16. The number of pyridine rings is 1. The van der Waals surface area contributed by atoms with Crippen LogP contribution in [0.25, 0.3) is 0 Å². The van der Waals surface area contributed by atoms with Crippen molar-refractivity contribution in [2.45, 2.75) is 30.9 Å². The summed E-state index contributed by atoms with van der Waals surface area (Å²) >= 11 is 5.67. The molecule has 0 fully saturated rings. The van der Waals surface area contributed by atoms with Gasteiger partial charge in [0.25, 0.3) is 5.72 Å². The molecule has 2 heterocycles. The van der Waals surface area contributed by atoms with E-state index in [1.807, 2.05) is 0 Å². The number of anilines is 1. The SMILES string of the molecule is COCCC1=NN(c2ncc(C(F)(F)F)cc2Cl)[C@@](O)(C(F)(F)F)C1. The topological polar surface area (TPSA) is 58.0 Å². The van der Waals surface area contributed by atoms with Crippen molar-refractivity contribution in [2.75, 3.05) is 18.7 Å². The molecule has 0 amide bonds. The van der Waals surface area contributed by atoms with E-state index in [0.717, 1.165) is 0 Å². The first kappa shape index (κ1) is 19.7. The second kappa shape index (κ2) is 6.61. The maximum atomic E-state index is 13.3. The van der Waals surface area contributed by atoms with Crippen molar-refractivity contribution < 1.29 is 36.2 Å². The van der Waals surface area contributed by atoms with Crippen LogP contribution < -0.4 is 5.01 Å². The van der Waals surface area contributed by atoms with Gasteiger partial charge in [-0.2, -0.15) is 31.4 Å². The van der Waals surface area contributed by atoms with E-state index >= 15 is 0 Å². The fraction of sp³-hybridized carbons (Fsp3) is 0.538. The van der Waals surface area contributed by atoms with Gasteiger partial charge >= 0.3 is 12.4 Å². The number of aliphatic hydroxyl groups is 1. The Bertz CT molecular complexity index is 679. The fourth-order valence-corrected chi connectivity index (χ4v) is 2.41. The zero-order valence-corrected chi connectivity index (χ0v) is 13.4. The van der Waals surface area contributed by atoms with Crippen LogP contribution in [-0.2, 0) is 10.9 Å². The Kier molecular flexibility index (Phi) is 5.22. The predicted molar refractivity (Wildman–Crippen MR) is 76.3 cm³/mol. The first-order valence-electron chi connectivity index (χ1n) is 6.77. The molecule has 1 atom stereocenters. The predicted octanol–water partition coefficient (Wildman–Crippen LogP) is 3.61. The Balaban J connectivity index is 2.47. The number of ether oxygens (including phenoxy) is 1. The highest BCUT2D eigenvalue weighted by Crippen LogP contribution is 2.45. The number of halogens is 7. The minimum Gasteiger partial charge on any atom is -0.384 e. The summed E-state index contributed by atoms with van der Waals surface area (Å²) in [6.45, 7) is 0.0504.